The lowest BCUT2D eigenvalue weighted by Gasteiger charge is -2.10. The van der Waals surface area contributed by atoms with Gasteiger partial charge in [0.25, 0.3) is 0 Å². The molecule has 3 heterocycles. The Hall–Kier alpha value is -1.99. The van der Waals surface area contributed by atoms with Crippen LogP contribution in [0.4, 0.5) is 5.82 Å². The Kier molecular flexibility index (Phi) is 3.85. The summed E-state index contributed by atoms with van der Waals surface area (Å²) in [4.78, 5) is 14.6. The van der Waals surface area contributed by atoms with Crippen molar-refractivity contribution in [2.24, 2.45) is 0 Å². The molecular formula is C14H17N5OS. The molecule has 0 amide bonds. The van der Waals surface area contributed by atoms with Gasteiger partial charge in [0.05, 0.1) is 17.8 Å². The minimum Gasteiger partial charge on any atom is -0.395 e. The second-order valence-electron chi connectivity index (χ2n) is 4.94. The summed E-state index contributed by atoms with van der Waals surface area (Å²) in [5, 5.41) is 14.1. The topological polar surface area (TPSA) is 75.9 Å². The number of anilines is 1. The fourth-order valence-corrected chi connectivity index (χ4v) is 2.77. The summed E-state index contributed by atoms with van der Waals surface area (Å²) in [6.45, 7) is 4.67. The number of aliphatic hydroxyl groups is 1. The number of aromatic nitrogens is 4. The number of nitrogens with zero attached hydrogens (tertiary/aromatic N) is 4. The van der Waals surface area contributed by atoms with Gasteiger partial charge < -0.3 is 15.0 Å². The molecule has 3 aromatic heterocycles. The summed E-state index contributed by atoms with van der Waals surface area (Å²) in [5.74, 6) is 1.34. The van der Waals surface area contributed by atoms with Gasteiger partial charge in [-0.2, -0.15) is 0 Å². The first-order valence-corrected chi connectivity index (χ1v) is 7.72. The van der Waals surface area contributed by atoms with Gasteiger partial charge in [0, 0.05) is 12.6 Å². The van der Waals surface area contributed by atoms with Crippen LogP contribution < -0.4 is 5.32 Å². The Balaban J connectivity index is 2.18. The first kappa shape index (κ1) is 14.0. The van der Waals surface area contributed by atoms with Crippen molar-refractivity contribution in [3.63, 3.8) is 0 Å². The maximum Gasteiger partial charge on any atom is 0.173 e. The molecule has 0 aromatic carbocycles. The minimum atomic E-state index is 0.0463. The average Bonchev–Trinajstić information content (AvgIpc) is 3.13. The number of rotatable bonds is 5. The predicted octanol–water partition coefficient (Wildman–Crippen LogP) is 2.54. The molecule has 3 aromatic rings. The molecule has 0 aliphatic rings. The molecule has 0 unspecified atom stereocenters. The van der Waals surface area contributed by atoms with Crippen molar-refractivity contribution in [3.05, 3.63) is 23.8 Å². The van der Waals surface area contributed by atoms with Crippen molar-refractivity contribution in [1.29, 1.82) is 0 Å². The van der Waals surface area contributed by atoms with Gasteiger partial charge in [-0.3, -0.25) is 0 Å². The van der Waals surface area contributed by atoms with Crippen molar-refractivity contribution < 1.29 is 5.11 Å². The average molecular weight is 303 g/mol. The number of aliphatic hydroxyl groups excluding tert-OH is 1. The van der Waals surface area contributed by atoms with Gasteiger partial charge in [-0.05, 0) is 25.3 Å². The number of imidazole rings is 1. The van der Waals surface area contributed by atoms with Crippen LogP contribution >= 0.6 is 11.3 Å². The molecule has 7 heteroatoms. The largest absolute Gasteiger partial charge is 0.395 e. The fourth-order valence-electron chi connectivity index (χ4n) is 2.11. The third kappa shape index (κ3) is 2.62. The molecule has 0 saturated heterocycles. The second kappa shape index (κ2) is 5.79. The van der Waals surface area contributed by atoms with Gasteiger partial charge in [-0.25, -0.2) is 15.0 Å². The molecule has 110 valence electrons. The van der Waals surface area contributed by atoms with Crippen LogP contribution in [-0.2, 0) is 0 Å². The first-order valence-electron chi connectivity index (χ1n) is 6.84. The van der Waals surface area contributed by atoms with Crippen LogP contribution in [0.2, 0.25) is 0 Å². The molecule has 0 bridgehead atoms. The molecular weight excluding hydrogens is 286 g/mol. The van der Waals surface area contributed by atoms with Gasteiger partial charge in [0.15, 0.2) is 17.3 Å². The van der Waals surface area contributed by atoms with E-state index in [-0.39, 0.29) is 12.6 Å². The molecule has 0 aliphatic carbocycles. The van der Waals surface area contributed by atoms with Crippen LogP contribution in [0.15, 0.2) is 23.8 Å². The zero-order valence-electron chi connectivity index (χ0n) is 11.9. The van der Waals surface area contributed by atoms with E-state index in [1.807, 2.05) is 22.1 Å². The Morgan fingerprint density at radius 1 is 1.38 bits per heavy atom. The van der Waals surface area contributed by atoms with Crippen LogP contribution in [-0.4, -0.2) is 37.8 Å². The third-order valence-corrected chi connectivity index (χ3v) is 3.99. The van der Waals surface area contributed by atoms with Gasteiger partial charge in [-0.15, -0.1) is 11.3 Å². The first-order chi connectivity index (χ1) is 10.2. The molecule has 6 nitrogen and oxygen atoms in total. The van der Waals surface area contributed by atoms with E-state index in [9.17, 15) is 0 Å². The molecule has 0 atom stereocenters. The van der Waals surface area contributed by atoms with E-state index in [0.29, 0.717) is 18.2 Å². The molecule has 0 radical (unpaired) electrons. The lowest BCUT2D eigenvalue weighted by molar-refractivity contribution is 0.311. The Morgan fingerprint density at radius 3 is 2.90 bits per heavy atom. The molecule has 2 N–H and O–H groups in total. The highest BCUT2D eigenvalue weighted by Crippen LogP contribution is 2.27. The summed E-state index contributed by atoms with van der Waals surface area (Å²) in [5.41, 5.74) is 1.54. The monoisotopic (exact) mass is 303 g/mol. The number of fused-ring (bicyclic) bond motifs is 1. The van der Waals surface area contributed by atoms with E-state index in [0.717, 1.165) is 16.0 Å². The Bertz CT molecular complexity index is 735. The maximum absolute atomic E-state index is 9.02. The number of thiophene rings is 1. The van der Waals surface area contributed by atoms with Crippen molar-refractivity contribution >= 4 is 28.3 Å². The standard InChI is InChI=1S/C14H17N5OS/c1-9(2)19-8-16-11-13(15-5-6-20)17-12(18-14(11)19)10-4-3-7-21-10/h3-4,7-9,20H,5-6H2,1-2H3,(H,15,17,18). The van der Waals surface area contributed by atoms with Gasteiger partial charge in [0.2, 0.25) is 0 Å². The number of nitrogens with one attached hydrogen (secondary N) is 1. The van der Waals surface area contributed by atoms with Crippen LogP contribution in [0.1, 0.15) is 19.9 Å². The van der Waals surface area contributed by atoms with Crippen molar-refractivity contribution in [2.45, 2.75) is 19.9 Å². The molecule has 0 fully saturated rings. The van der Waals surface area contributed by atoms with Crippen LogP contribution in [0, 0.1) is 0 Å². The predicted molar refractivity (Wildman–Crippen MR) is 84.6 cm³/mol. The summed E-state index contributed by atoms with van der Waals surface area (Å²) in [7, 11) is 0. The van der Waals surface area contributed by atoms with Crippen molar-refractivity contribution in [1.82, 2.24) is 19.5 Å². The van der Waals surface area contributed by atoms with Gasteiger partial charge in [0.1, 0.15) is 5.52 Å². The zero-order chi connectivity index (χ0) is 14.8. The van der Waals surface area contributed by atoms with Crippen LogP contribution in [0.25, 0.3) is 21.9 Å². The molecule has 0 aliphatic heterocycles. The van der Waals surface area contributed by atoms with E-state index in [2.05, 4.69) is 34.1 Å². The number of hydrogen-bond acceptors (Lipinski definition) is 6. The van der Waals surface area contributed by atoms with E-state index >= 15 is 0 Å². The van der Waals surface area contributed by atoms with Gasteiger partial charge in [-0.1, -0.05) is 6.07 Å². The highest BCUT2D eigenvalue weighted by molar-refractivity contribution is 7.13. The highest BCUT2D eigenvalue weighted by atomic mass is 32.1. The van der Waals surface area contributed by atoms with E-state index in [1.54, 1.807) is 17.7 Å². The van der Waals surface area contributed by atoms with Crippen LogP contribution in [0.5, 0.6) is 0 Å². The smallest absolute Gasteiger partial charge is 0.173 e. The molecule has 0 spiro atoms. The second-order valence-corrected chi connectivity index (χ2v) is 5.89. The van der Waals surface area contributed by atoms with Crippen molar-refractivity contribution in [3.8, 4) is 10.7 Å². The quantitative estimate of drug-likeness (QED) is 0.757. The van der Waals surface area contributed by atoms with Crippen LogP contribution in [0.3, 0.4) is 0 Å². The lowest BCUT2D eigenvalue weighted by atomic mass is 10.3. The summed E-state index contributed by atoms with van der Waals surface area (Å²) in [6.07, 6.45) is 1.78. The SMILES string of the molecule is CC(C)n1cnc2c(NCCO)nc(-c3cccs3)nc21. The Labute approximate surface area is 126 Å². The number of hydrogen-bond donors (Lipinski definition) is 2. The molecule has 0 saturated carbocycles. The van der Waals surface area contributed by atoms with Crippen molar-refractivity contribution in [2.75, 3.05) is 18.5 Å². The highest BCUT2D eigenvalue weighted by Gasteiger charge is 2.15. The minimum absolute atomic E-state index is 0.0463. The van der Waals surface area contributed by atoms with E-state index < -0.39 is 0 Å². The molecule has 21 heavy (non-hydrogen) atoms. The maximum atomic E-state index is 9.02. The van der Waals surface area contributed by atoms with E-state index in [1.165, 1.54) is 0 Å². The summed E-state index contributed by atoms with van der Waals surface area (Å²) >= 11 is 1.60. The Morgan fingerprint density at radius 2 is 2.24 bits per heavy atom. The fraction of sp³-hybridized carbons (Fsp3) is 0.357. The third-order valence-electron chi connectivity index (χ3n) is 3.12. The molecule has 3 rings (SSSR count). The van der Waals surface area contributed by atoms with E-state index in [4.69, 9.17) is 5.11 Å². The summed E-state index contributed by atoms with van der Waals surface area (Å²) in [6, 6.07) is 4.25. The van der Waals surface area contributed by atoms with Gasteiger partial charge >= 0.3 is 0 Å². The normalized spacial score (nSPS) is 11.4. The zero-order valence-corrected chi connectivity index (χ0v) is 12.8. The lowest BCUT2D eigenvalue weighted by Crippen LogP contribution is -2.09. The summed E-state index contributed by atoms with van der Waals surface area (Å²) < 4.78 is 2.03.